The van der Waals surface area contributed by atoms with Crippen LogP contribution in [-0.2, 0) is 0 Å². The highest BCUT2D eigenvalue weighted by atomic mass is 16.3. The third kappa shape index (κ3) is 2.56. The van der Waals surface area contributed by atoms with E-state index in [1.165, 1.54) is 6.42 Å². The summed E-state index contributed by atoms with van der Waals surface area (Å²) in [4.78, 5) is 4.10. The second kappa shape index (κ2) is 5.67. The van der Waals surface area contributed by atoms with Crippen LogP contribution in [0.25, 0.3) is 10.8 Å². The lowest BCUT2D eigenvalue weighted by atomic mass is 9.86. The number of rotatable bonds is 3. The Labute approximate surface area is 119 Å². The minimum atomic E-state index is -0.179. The van der Waals surface area contributed by atoms with Crippen LogP contribution in [0.3, 0.4) is 0 Å². The number of aromatic nitrogens is 1. The number of nitrogens with zero attached hydrogens (tertiary/aromatic N) is 1. The number of anilines is 2. The highest BCUT2D eigenvalue weighted by molar-refractivity contribution is 5.98. The predicted molar refractivity (Wildman–Crippen MR) is 82.6 cm³/mol. The smallest absolute Gasteiger partial charge is 0.0630 e. The monoisotopic (exact) mass is 271 g/mol. The minimum Gasteiger partial charge on any atom is -0.397 e. The molecular formula is C16H21N3O. The molecule has 1 aromatic carbocycles. The van der Waals surface area contributed by atoms with E-state index >= 15 is 0 Å². The fourth-order valence-corrected chi connectivity index (χ4v) is 3.01. The van der Waals surface area contributed by atoms with E-state index in [0.717, 1.165) is 48.0 Å². The van der Waals surface area contributed by atoms with E-state index in [0.29, 0.717) is 5.92 Å². The van der Waals surface area contributed by atoms with Gasteiger partial charge in [-0.05, 0) is 25.0 Å². The van der Waals surface area contributed by atoms with Gasteiger partial charge in [0.2, 0.25) is 0 Å². The second-order valence-corrected chi connectivity index (χ2v) is 5.62. The summed E-state index contributed by atoms with van der Waals surface area (Å²) < 4.78 is 0. The van der Waals surface area contributed by atoms with Gasteiger partial charge in [0, 0.05) is 35.6 Å². The molecule has 1 saturated carbocycles. The van der Waals surface area contributed by atoms with Gasteiger partial charge in [-0.2, -0.15) is 0 Å². The number of pyridine rings is 1. The number of nitrogens with two attached hydrogens (primary N) is 1. The van der Waals surface area contributed by atoms with Gasteiger partial charge in [0.05, 0.1) is 17.5 Å². The Hall–Kier alpha value is -1.81. The SMILES string of the molecule is Nc1c(NCC2CCCCC2O)ccc2cnccc12. The summed E-state index contributed by atoms with van der Waals surface area (Å²) in [6, 6.07) is 5.96. The first kappa shape index (κ1) is 13.2. The number of hydrogen-bond donors (Lipinski definition) is 3. The van der Waals surface area contributed by atoms with E-state index in [-0.39, 0.29) is 6.10 Å². The summed E-state index contributed by atoms with van der Waals surface area (Å²) >= 11 is 0. The van der Waals surface area contributed by atoms with Gasteiger partial charge in [0.15, 0.2) is 0 Å². The van der Waals surface area contributed by atoms with Crippen LogP contribution in [0.5, 0.6) is 0 Å². The molecule has 4 heteroatoms. The van der Waals surface area contributed by atoms with Gasteiger partial charge >= 0.3 is 0 Å². The Bertz CT molecular complexity index is 599. The van der Waals surface area contributed by atoms with Gasteiger partial charge in [-0.1, -0.05) is 18.9 Å². The lowest BCUT2D eigenvalue weighted by molar-refractivity contribution is 0.0763. The zero-order valence-corrected chi connectivity index (χ0v) is 11.5. The van der Waals surface area contributed by atoms with E-state index in [1.807, 2.05) is 24.4 Å². The van der Waals surface area contributed by atoms with Gasteiger partial charge in [-0.3, -0.25) is 4.98 Å². The van der Waals surface area contributed by atoms with Crippen molar-refractivity contribution in [2.45, 2.75) is 31.8 Å². The summed E-state index contributed by atoms with van der Waals surface area (Å²) in [6.07, 6.45) is 7.76. The Balaban J connectivity index is 1.75. The first-order valence-electron chi connectivity index (χ1n) is 7.30. The molecule has 0 saturated heterocycles. The van der Waals surface area contributed by atoms with Crippen LogP contribution in [-0.4, -0.2) is 22.7 Å². The van der Waals surface area contributed by atoms with Crippen molar-refractivity contribution < 1.29 is 5.11 Å². The zero-order valence-electron chi connectivity index (χ0n) is 11.5. The first-order valence-corrected chi connectivity index (χ1v) is 7.30. The van der Waals surface area contributed by atoms with Crippen LogP contribution >= 0.6 is 0 Å². The van der Waals surface area contributed by atoms with Crippen molar-refractivity contribution in [3.63, 3.8) is 0 Å². The quantitative estimate of drug-likeness (QED) is 0.751. The van der Waals surface area contributed by atoms with Crippen LogP contribution in [0.4, 0.5) is 11.4 Å². The minimum absolute atomic E-state index is 0.179. The molecule has 1 aromatic heterocycles. The van der Waals surface area contributed by atoms with Gasteiger partial charge in [0.1, 0.15) is 0 Å². The number of aliphatic hydroxyl groups excluding tert-OH is 1. The predicted octanol–water partition coefficient (Wildman–Crippen LogP) is 2.78. The lowest BCUT2D eigenvalue weighted by Crippen LogP contribution is -2.30. The number of benzene rings is 1. The Kier molecular flexibility index (Phi) is 3.74. The molecule has 20 heavy (non-hydrogen) atoms. The molecule has 0 amide bonds. The molecule has 0 bridgehead atoms. The van der Waals surface area contributed by atoms with E-state index in [2.05, 4.69) is 10.3 Å². The van der Waals surface area contributed by atoms with Crippen molar-refractivity contribution in [3.8, 4) is 0 Å². The van der Waals surface area contributed by atoms with Crippen LogP contribution in [0.2, 0.25) is 0 Å². The van der Waals surface area contributed by atoms with Gasteiger partial charge in [0.25, 0.3) is 0 Å². The zero-order chi connectivity index (χ0) is 13.9. The molecule has 1 aliphatic rings. The van der Waals surface area contributed by atoms with Gasteiger partial charge in [-0.25, -0.2) is 0 Å². The number of hydrogen-bond acceptors (Lipinski definition) is 4. The topological polar surface area (TPSA) is 71.2 Å². The first-order chi connectivity index (χ1) is 9.75. The molecule has 0 radical (unpaired) electrons. The van der Waals surface area contributed by atoms with Crippen LogP contribution in [0, 0.1) is 5.92 Å². The molecular weight excluding hydrogens is 250 g/mol. The maximum absolute atomic E-state index is 10.0. The molecule has 1 aliphatic carbocycles. The highest BCUT2D eigenvalue weighted by Crippen LogP contribution is 2.30. The van der Waals surface area contributed by atoms with E-state index in [1.54, 1.807) is 6.20 Å². The van der Waals surface area contributed by atoms with Crippen LogP contribution in [0.15, 0.2) is 30.6 Å². The molecule has 1 fully saturated rings. The summed E-state index contributed by atoms with van der Waals surface area (Å²) in [7, 11) is 0. The maximum atomic E-state index is 10.0. The maximum Gasteiger partial charge on any atom is 0.0630 e. The summed E-state index contributed by atoms with van der Waals surface area (Å²) in [5.74, 6) is 0.330. The van der Waals surface area contributed by atoms with Crippen molar-refractivity contribution >= 4 is 22.1 Å². The number of aliphatic hydroxyl groups is 1. The molecule has 106 valence electrons. The molecule has 0 aliphatic heterocycles. The highest BCUT2D eigenvalue weighted by Gasteiger charge is 2.22. The number of fused-ring (bicyclic) bond motifs is 1. The van der Waals surface area contributed by atoms with E-state index in [4.69, 9.17) is 5.73 Å². The molecule has 2 unspecified atom stereocenters. The summed E-state index contributed by atoms with van der Waals surface area (Å²) in [5.41, 5.74) is 7.92. The fraction of sp³-hybridized carbons (Fsp3) is 0.438. The van der Waals surface area contributed by atoms with Gasteiger partial charge < -0.3 is 16.2 Å². The van der Waals surface area contributed by atoms with Gasteiger partial charge in [-0.15, -0.1) is 0 Å². The second-order valence-electron chi connectivity index (χ2n) is 5.62. The third-order valence-electron chi connectivity index (χ3n) is 4.29. The normalized spacial score (nSPS) is 22.9. The van der Waals surface area contributed by atoms with Crippen molar-refractivity contribution in [3.05, 3.63) is 30.6 Å². The van der Waals surface area contributed by atoms with Crippen molar-refractivity contribution in [1.29, 1.82) is 0 Å². The largest absolute Gasteiger partial charge is 0.397 e. The van der Waals surface area contributed by atoms with E-state index in [9.17, 15) is 5.11 Å². The number of nitrogens with one attached hydrogen (secondary N) is 1. The Morgan fingerprint density at radius 3 is 2.95 bits per heavy atom. The van der Waals surface area contributed by atoms with E-state index < -0.39 is 0 Å². The van der Waals surface area contributed by atoms with Crippen molar-refractivity contribution in [2.75, 3.05) is 17.6 Å². The molecule has 3 rings (SSSR count). The average molecular weight is 271 g/mol. The summed E-state index contributed by atoms with van der Waals surface area (Å²) in [6.45, 7) is 0.780. The molecule has 4 N–H and O–H groups in total. The average Bonchev–Trinajstić information content (AvgIpc) is 2.48. The summed E-state index contributed by atoms with van der Waals surface area (Å²) in [5, 5.41) is 15.5. The molecule has 2 aromatic rings. The van der Waals surface area contributed by atoms with Crippen molar-refractivity contribution in [2.24, 2.45) is 5.92 Å². The standard InChI is InChI=1S/C16H21N3O/c17-16-13-7-8-18-9-11(13)5-6-14(16)19-10-12-3-1-2-4-15(12)20/h5-9,12,15,19-20H,1-4,10,17H2. The van der Waals surface area contributed by atoms with Crippen LogP contribution in [0.1, 0.15) is 25.7 Å². The molecule has 2 atom stereocenters. The Morgan fingerprint density at radius 1 is 1.25 bits per heavy atom. The molecule has 1 heterocycles. The molecule has 0 spiro atoms. The fourth-order valence-electron chi connectivity index (χ4n) is 3.01. The van der Waals surface area contributed by atoms with Crippen LogP contribution < -0.4 is 11.1 Å². The molecule has 4 nitrogen and oxygen atoms in total. The number of nitrogen functional groups attached to an aromatic ring is 1. The third-order valence-corrected chi connectivity index (χ3v) is 4.29. The van der Waals surface area contributed by atoms with Crippen molar-refractivity contribution in [1.82, 2.24) is 4.98 Å². The Morgan fingerprint density at radius 2 is 2.10 bits per heavy atom. The lowest BCUT2D eigenvalue weighted by Gasteiger charge is -2.28.